The van der Waals surface area contributed by atoms with Crippen LogP contribution in [0, 0.1) is 0 Å². The molecule has 102 valence electrons. The number of rotatable bonds is 7. The van der Waals surface area contributed by atoms with Crippen molar-refractivity contribution in [1.82, 2.24) is 0 Å². The minimum Gasteiger partial charge on any atom is -0.493 e. The number of ether oxygens (including phenoxy) is 1. The van der Waals surface area contributed by atoms with E-state index in [2.05, 4.69) is 0 Å². The number of hydrogen-bond donors (Lipinski definition) is 1. The summed E-state index contributed by atoms with van der Waals surface area (Å²) in [5.41, 5.74) is 5.47. The molecule has 0 aliphatic heterocycles. The first kappa shape index (κ1) is 14.2. The summed E-state index contributed by atoms with van der Waals surface area (Å²) >= 11 is 6.18. The lowest BCUT2D eigenvalue weighted by Crippen LogP contribution is -2.00. The Morgan fingerprint density at radius 1 is 0.895 bits per heavy atom. The number of halogens is 1. The topological polar surface area (TPSA) is 35.2 Å². The van der Waals surface area contributed by atoms with Gasteiger partial charge in [-0.25, -0.2) is 0 Å². The molecule has 0 saturated heterocycles. The fraction of sp³-hybridized carbons (Fsp3) is 0.375. The molecule has 0 radical (unpaired) electrons. The first-order chi connectivity index (χ1) is 9.33. The van der Waals surface area contributed by atoms with Gasteiger partial charge in [0, 0.05) is 15.8 Å². The predicted molar refractivity (Wildman–Crippen MR) is 82.0 cm³/mol. The average Bonchev–Trinajstić information content (AvgIpc) is 2.45. The van der Waals surface area contributed by atoms with Gasteiger partial charge in [0.15, 0.2) is 0 Å². The van der Waals surface area contributed by atoms with Crippen LogP contribution in [0.4, 0.5) is 0 Å². The Kier molecular flexibility index (Phi) is 5.49. The summed E-state index contributed by atoms with van der Waals surface area (Å²) in [4.78, 5) is 0. The van der Waals surface area contributed by atoms with Crippen LogP contribution in [-0.2, 0) is 0 Å². The van der Waals surface area contributed by atoms with Gasteiger partial charge in [0.2, 0.25) is 0 Å². The van der Waals surface area contributed by atoms with E-state index >= 15 is 0 Å². The van der Waals surface area contributed by atoms with Gasteiger partial charge in [-0.05, 0) is 31.5 Å². The van der Waals surface area contributed by atoms with Crippen LogP contribution < -0.4 is 10.5 Å². The quantitative estimate of drug-likeness (QED) is 0.762. The molecule has 0 aromatic heterocycles. The number of hydrogen-bond acceptors (Lipinski definition) is 2. The maximum absolute atomic E-state index is 6.18. The maximum Gasteiger partial charge on any atom is 0.127 e. The van der Waals surface area contributed by atoms with Gasteiger partial charge in [-0.2, -0.15) is 0 Å². The van der Waals surface area contributed by atoms with E-state index in [1.165, 1.54) is 12.8 Å². The van der Waals surface area contributed by atoms with Crippen molar-refractivity contribution < 1.29 is 4.74 Å². The summed E-state index contributed by atoms with van der Waals surface area (Å²) in [6.45, 7) is 1.53. The first-order valence-electron chi connectivity index (χ1n) is 6.83. The van der Waals surface area contributed by atoms with Gasteiger partial charge in [0.1, 0.15) is 5.75 Å². The van der Waals surface area contributed by atoms with E-state index in [4.69, 9.17) is 22.1 Å². The van der Waals surface area contributed by atoms with Crippen LogP contribution >= 0.6 is 11.6 Å². The normalized spacial score (nSPS) is 10.8. The third kappa shape index (κ3) is 3.85. The van der Waals surface area contributed by atoms with Gasteiger partial charge >= 0.3 is 0 Å². The van der Waals surface area contributed by atoms with Crippen LogP contribution in [0.1, 0.15) is 25.7 Å². The molecule has 0 saturated carbocycles. The Balaban J connectivity index is 1.96. The van der Waals surface area contributed by atoms with Crippen molar-refractivity contribution >= 4 is 22.4 Å². The van der Waals surface area contributed by atoms with E-state index in [0.717, 1.165) is 47.5 Å². The number of unbranched alkanes of at least 4 members (excludes halogenated alkanes) is 3. The first-order valence-corrected chi connectivity index (χ1v) is 7.21. The lowest BCUT2D eigenvalue weighted by atomic mass is 10.1. The van der Waals surface area contributed by atoms with Crippen molar-refractivity contribution in [3.05, 3.63) is 41.4 Å². The summed E-state index contributed by atoms with van der Waals surface area (Å²) in [6, 6.07) is 11.9. The Hall–Kier alpha value is -1.25. The van der Waals surface area contributed by atoms with Gasteiger partial charge < -0.3 is 10.5 Å². The zero-order valence-corrected chi connectivity index (χ0v) is 11.8. The van der Waals surface area contributed by atoms with E-state index < -0.39 is 0 Å². The second kappa shape index (κ2) is 7.37. The van der Waals surface area contributed by atoms with E-state index in [0.29, 0.717) is 0 Å². The van der Waals surface area contributed by atoms with E-state index in [9.17, 15) is 0 Å². The predicted octanol–water partition coefficient (Wildman–Crippen LogP) is 4.39. The summed E-state index contributed by atoms with van der Waals surface area (Å²) in [6.07, 6.45) is 4.52. The average molecular weight is 278 g/mol. The molecular weight excluding hydrogens is 258 g/mol. The Morgan fingerprint density at radius 2 is 1.63 bits per heavy atom. The van der Waals surface area contributed by atoms with Gasteiger partial charge in [-0.15, -0.1) is 0 Å². The largest absolute Gasteiger partial charge is 0.493 e. The van der Waals surface area contributed by atoms with E-state index in [1.54, 1.807) is 0 Å². The molecule has 0 atom stereocenters. The Bertz CT molecular complexity index is 527. The molecule has 2 aromatic rings. The summed E-state index contributed by atoms with van der Waals surface area (Å²) in [5, 5.41) is 2.90. The molecule has 0 amide bonds. The van der Waals surface area contributed by atoms with Gasteiger partial charge in [0.05, 0.1) is 6.61 Å². The Labute approximate surface area is 119 Å². The molecule has 2 rings (SSSR count). The zero-order chi connectivity index (χ0) is 13.5. The molecule has 0 aliphatic rings. The van der Waals surface area contributed by atoms with Crippen molar-refractivity contribution in [3.63, 3.8) is 0 Å². The molecule has 0 bridgehead atoms. The highest BCUT2D eigenvalue weighted by molar-refractivity contribution is 6.35. The fourth-order valence-electron chi connectivity index (χ4n) is 2.14. The molecule has 0 heterocycles. The van der Waals surface area contributed by atoms with Crippen LogP contribution in [0.25, 0.3) is 10.8 Å². The van der Waals surface area contributed by atoms with Crippen LogP contribution in [0.3, 0.4) is 0 Å². The minimum absolute atomic E-state index is 0.746. The molecule has 0 spiro atoms. The SMILES string of the molecule is NCCCCCCOc1ccc(Cl)c2ccccc12. The molecule has 0 aliphatic carbocycles. The second-order valence-corrected chi connectivity index (χ2v) is 5.05. The molecule has 2 aromatic carbocycles. The van der Waals surface area contributed by atoms with Crippen molar-refractivity contribution in [1.29, 1.82) is 0 Å². The molecular formula is C16H20ClNO. The van der Waals surface area contributed by atoms with Crippen molar-refractivity contribution in [2.24, 2.45) is 5.73 Å². The van der Waals surface area contributed by atoms with Crippen molar-refractivity contribution in [2.45, 2.75) is 25.7 Å². The number of nitrogens with two attached hydrogens (primary N) is 1. The smallest absolute Gasteiger partial charge is 0.127 e. The Morgan fingerprint density at radius 3 is 2.42 bits per heavy atom. The zero-order valence-electron chi connectivity index (χ0n) is 11.1. The highest BCUT2D eigenvalue weighted by Crippen LogP contribution is 2.31. The van der Waals surface area contributed by atoms with Crippen LogP contribution in [0.15, 0.2) is 36.4 Å². The number of benzene rings is 2. The molecule has 2 nitrogen and oxygen atoms in total. The van der Waals surface area contributed by atoms with Gasteiger partial charge in [-0.1, -0.05) is 48.7 Å². The van der Waals surface area contributed by atoms with Crippen LogP contribution in [0.5, 0.6) is 5.75 Å². The third-order valence-electron chi connectivity index (χ3n) is 3.19. The highest BCUT2D eigenvalue weighted by atomic mass is 35.5. The summed E-state index contributed by atoms with van der Waals surface area (Å²) < 4.78 is 5.86. The van der Waals surface area contributed by atoms with Crippen LogP contribution in [-0.4, -0.2) is 13.2 Å². The highest BCUT2D eigenvalue weighted by Gasteiger charge is 2.04. The lowest BCUT2D eigenvalue weighted by molar-refractivity contribution is 0.308. The number of fused-ring (bicyclic) bond motifs is 1. The summed E-state index contributed by atoms with van der Waals surface area (Å²) in [7, 11) is 0. The summed E-state index contributed by atoms with van der Waals surface area (Å²) in [5.74, 6) is 0.916. The molecule has 0 fully saturated rings. The van der Waals surface area contributed by atoms with E-state index in [1.807, 2.05) is 36.4 Å². The van der Waals surface area contributed by atoms with Gasteiger partial charge in [0.25, 0.3) is 0 Å². The second-order valence-electron chi connectivity index (χ2n) is 4.64. The molecule has 19 heavy (non-hydrogen) atoms. The molecule has 2 N–H and O–H groups in total. The van der Waals surface area contributed by atoms with Crippen molar-refractivity contribution in [3.8, 4) is 5.75 Å². The monoisotopic (exact) mass is 277 g/mol. The fourth-order valence-corrected chi connectivity index (χ4v) is 2.37. The van der Waals surface area contributed by atoms with Crippen molar-refractivity contribution in [2.75, 3.05) is 13.2 Å². The standard InChI is InChI=1S/C16H20ClNO/c17-15-9-10-16(14-8-4-3-7-13(14)15)19-12-6-2-1-5-11-18/h3-4,7-10H,1-2,5-6,11-12,18H2. The van der Waals surface area contributed by atoms with Crippen LogP contribution in [0.2, 0.25) is 5.02 Å². The molecule has 0 unspecified atom stereocenters. The van der Waals surface area contributed by atoms with E-state index in [-0.39, 0.29) is 0 Å². The third-order valence-corrected chi connectivity index (χ3v) is 3.52. The minimum atomic E-state index is 0.746. The van der Waals surface area contributed by atoms with Gasteiger partial charge in [-0.3, -0.25) is 0 Å². The lowest BCUT2D eigenvalue weighted by Gasteiger charge is -2.10. The molecule has 3 heteroatoms. The maximum atomic E-state index is 6.18.